The minimum Gasteiger partial charge on any atom is -0.421 e. The van der Waals surface area contributed by atoms with Gasteiger partial charge in [0.2, 0.25) is 0 Å². The lowest BCUT2D eigenvalue weighted by Crippen LogP contribution is -2.08. The zero-order valence-electron chi connectivity index (χ0n) is 16.7. The standard InChI is InChI=1S/C21H46OSi/c1-4-5-6-7-8-9-10-11-12-13-14-15-16-17-18-19-20-21-22-23(2)3/h23H,4-21H2,1-3H3. The molecule has 0 fully saturated rings. The van der Waals surface area contributed by atoms with E-state index in [1.165, 1.54) is 109 Å². The second kappa shape index (κ2) is 20.2. The quantitative estimate of drug-likeness (QED) is 0.173. The van der Waals surface area contributed by atoms with Gasteiger partial charge in [-0.25, -0.2) is 0 Å². The number of hydrogen-bond acceptors (Lipinski definition) is 1. The molecule has 0 heterocycles. The largest absolute Gasteiger partial charge is 0.421 e. The summed E-state index contributed by atoms with van der Waals surface area (Å²) in [6.45, 7) is 7.83. The zero-order chi connectivity index (χ0) is 17.0. The summed E-state index contributed by atoms with van der Waals surface area (Å²) >= 11 is 0. The third kappa shape index (κ3) is 22.2. The lowest BCUT2D eigenvalue weighted by atomic mass is 10.0. The van der Waals surface area contributed by atoms with Crippen molar-refractivity contribution in [1.82, 2.24) is 0 Å². The van der Waals surface area contributed by atoms with E-state index in [1.807, 2.05) is 0 Å². The van der Waals surface area contributed by atoms with Crippen LogP contribution in [0.1, 0.15) is 116 Å². The summed E-state index contributed by atoms with van der Waals surface area (Å²) in [5.41, 5.74) is 0. The molecule has 1 nitrogen and oxygen atoms in total. The van der Waals surface area contributed by atoms with Crippen LogP contribution in [0, 0.1) is 0 Å². The Labute approximate surface area is 149 Å². The molecule has 0 aliphatic rings. The van der Waals surface area contributed by atoms with Crippen LogP contribution in [0.25, 0.3) is 0 Å². The van der Waals surface area contributed by atoms with Crippen molar-refractivity contribution in [3.8, 4) is 0 Å². The van der Waals surface area contributed by atoms with E-state index in [-0.39, 0.29) is 0 Å². The predicted molar refractivity (Wildman–Crippen MR) is 109 cm³/mol. The Morgan fingerprint density at radius 2 is 0.783 bits per heavy atom. The van der Waals surface area contributed by atoms with Crippen molar-refractivity contribution < 1.29 is 4.43 Å². The van der Waals surface area contributed by atoms with Gasteiger partial charge in [-0.15, -0.1) is 0 Å². The van der Waals surface area contributed by atoms with Crippen molar-refractivity contribution in [2.24, 2.45) is 0 Å². The van der Waals surface area contributed by atoms with Gasteiger partial charge < -0.3 is 4.43 Å². The van der Waals surface area contributed by atoms with Crippen molar-refractivity contribution in [2.45, 2.75) is 129 Å². The molecule has 2 heteroatoms. The monoisotopic (exact) mass is 342 g/mol. The van der Waals surface area contributed by atoms with E-state index in [0.29, 0.717) is 0 Å². The molecule has 0 aromatic heterocycles. The van der Waals surface area contributed by atoms with Crippen molar-refractivity contribution in [1.29, 1.82) is 0 Å². The zero-order valence-corrected chi connectivity index (χ0v) is 17.9. The molecule has 0 aromatic carbocycles. The molecule has 0 N–H and O–H groups in total. The normalized spacial score (nSPS) is 11.5. The van der Waals surface area contributed by atoms with Crippen LogP contribution in [-0.4, -0.2) is 15.6 Å². The fourth-order valence-corrected chi connectivity index (χ4v) is 3.78. The van der Waals surface area contributed by atoms with Gasteiger partial charge in [0.25, 0.3) is 0 Å². The summed E-state index contributed by atoms with van der Waals surface area (Å²) in [6, 6.07) is 0. The minimum absolute atomic E-state index is 0.767. The van der Waals surface area contributed by atoms with E-state index < -0.39 is 9.04 Å². The summed E-state index contributed by atoms with van der Waals surface area (Å²) in [5.74, 6) is 0. The first kappa shape index (κ1) is 23.2. The molecule has 0 amide bonds. The highest BCUT2D eigenvalue weighted by molar-refractivity contribution is 6.48. The maximum absolute atomic E-state index is 5.70. The predicted octanol–water partition coefficient (Wildman–Crippen LogP) is 7.64. The highest BCUT2D eigenvalue weighted by Gasteiger charge is 1.96. The molecular formula is C21H46OSi. The van der Waals surface area contributed by atoms with Crippen LogP contribution in [-0.2, 0) is 4.43 Å². The van der Waals surface area contributed by atoms with Crippen LogP contribution in [0.15, 0.2) is 0 Å². The van der Waals surface area contributed by atoms with Crippen molar-refractivity contribution in [2.75, 3.05) is 6.61 Å². The van der Waals surface area contributed by atoms with Gasteiger partial charge in [-0.3, -0.25) is 0 Å². The van der Waals surface area contributed by atoms with Crippen LogP contribution < -0.4 is 0 Å². The van der Waals surface area contributed by atoms with Gasteiger partial charge in [0.1, 0.15) is 0 Å². The first-order valence-electron chi connectivity index (χ1n) is 10.9. The van der Waals surface area contributed by atoms with Crippen LogP contribution in [0.2, 0.25) is 13.1 Å². The SMILES string of the molecule is CCCCCCCCCCCCCCCCCCCO[SiH](C)C. The smallest absolute Gasteiger partial charge is 0.170 e. The van der Waals surface area contributed by atoms with E-state index in [1.54, 1.807) is 0 Å². The number of hydrogen-bond donors (Lipinski definition) is 0. The van der Waals surface area contributed by atoms with Crippen LogP contribution >= 0.6 is 0 Å². The van der Waals surface area contributed by atoms with E-state index in [4.69, 9.17) is 4.43 Å². The van der Waals surface area contributed by atoms with E-state index >= 15 is 0 Å². The fraction of sp³-hybridized carbons (Fsp3) is 1.00. The fourth-order valence-electron chi connectivity index (χ4n) is 3.15. The number of unbranched alkanes of at least 4 members (excludes halogenated alkanes) is 16. The van der Waals surface area contributed by atoms with Gasteiger partial charge in [-0.05, 0) is 19.5 Å². The molecular weight excluding hydrogens is 296 g/mol. The molecule has 0 saturated carbocycles. The molecule has 140 valence electrons. The molecule has 0 saturated heterocycles. The molecule has 0 spiro atoms. The molecule has 0 rings (SSSR count). The third-order valence-electron chi connectivity index (χ3n) is 4.70. The van der Waals surface area contributed by atoms with Gasteiger partial charge in [-0.1, -0.05) is 110 Å². The average Bonchev–Trinajstić information content (AvgIpc) is 2.53. The molecule has 0 atom stereocenters. The summed E-state index contributed by atoms with van der Waals surface area (Å²) < 4.78 is 5.70. The number of rotatable bonds is 19. The highest BCUT2D eigenvalue weighted by atomic mass is 28.3. The third-order valence-corrected chi connectivity index (χ3v) is 5.60. The Kier molecular flexibility index (Phi) is 20.4. The van der Waals surface area contributed by atoms with E-state index in [0.717, 1.165) is 6.61 Å². The molecule has 0 aliphatic heterocycles. The molecule has 0 unspecified atom stereocenters. The lowest BCUT2D eigenvalue weighted by molar-refractivity contribution is 0.311. The maximum atomic E-state index is 5.70. The van der Waals surface area contributed by atoms with E-state index in [9.17, 15) is 0 Å². The van der Waals surface area contributed by atoms with Gasteiger partial charge in [0, 0.05) is 6.61 Å². The topological polar surface area (TPSA) is 9.23 Å². The van der Waals surface area contributed by atoms with Crippen molar-refractivity contribution in [3.05, 3.63) is 0 Å². The maximum Gasteiger partial charge on any atom is 0.170 e. The molecule has 23 heavy (non-hydrogen) atoms. The molecule has 0 aliphatic carbocycles. The Bertz CT molecular complexity index is 206. The Balaban J connectivity index is 2.95. The second-order valence-electron chi connectivity index (χ2n) is 7.58. The van der Waals surface area contributed by atoms with Crippen molar-refractivity contribution in [3.63, 3.8) is 0 Å². The lowest BCUT2D eigenvalue weighted by Gasteiger charge is -2.06. The van der Waals surface area contributed by atoms with Gasteiger partial charge in [0.15, 0.2) is 9.04 Å². The first-order chi connectivity index (χ1) is 11.3. The Hall–Kier alpha value is 0.177. The van der Waals surface area contributed by atoms with Crippen LogP contribution in [0.4, 0.5) is 0 Å². The highest BCUT2D eigenvalue weighted by Crippen LogP contribution is 2.14. The Morgan fingerprint density at radius 3 is 1.09 bits per heavy atom. The van der Waals surface area contributed by atoms with E-state index in [2.05, 4.69) is 20.0 Å². The Morgan fingerprint density at radius 1 is 0.478 bits per heavy atom. The van der Waals surface area contributed by atoms with Gasteiger partial charge in [0.05, 0.1) is 0 Å². The molecule has 0 bridgehead atoms. The molecule has 0 radical (unpaired) electrons. The summed E-state index contributed by atoms with van der Waals surface area (Å²) in [5, 5.41) is 0. The summed E-state index contributed by atoms with van der Waals surface area (Å²) in [7, 11) is -0.767. The van der Waals surface area contributed by atoms with Crippen LogP contribution in [0.5, 0.6) is 0 Å². The minimum atomic E-state index is -0.767. The summed E-state index contributed by atoms with van der Waals surface area (Å²) in [6.07, 6.45) is 24.5. The first-order valence-corrected chi connectivity index (χ1v) is 13.7. The average molecular weight is 343 g/mol. The molecule has 0 aromatic rings. The van der Waals surface area contributed by atoms with Gasteiger partial charge in [-0.2, -0.15) is 0 Å². The summed E-state index contributed by atoms with van der Waals surface area (Å²) in [4.78, 5) is 0. The van der Waals surface area contributed by atoms with Crippen LogP contribution in [0.3, 0.4) is 0 Å². The van der Waals surface area contributed by atoms with Gasteiger partial charge >= 0.3 is 0 Å². The second-order valence-corrected chi connectivity index (χ2v) is 10.0. The van der Waals surface area contributed by atoms with Crippen molar-refractivity contribution >= 4 is 9.04 Å².